The fourth-order valence-electron chi connectivity index (χ4n) is 8.64. The molecular weight excluding hydrogens is 897 g/mol. The van der Waals surface area contributed by atoms with Crippen molar-refractivity contribution in [2.24, 2.45) is 0 Å². The monoisotopic (exact) mass is 979 g/mol. The van der Waals surface area contributed by atoms with E-state index in [1.165, 1.54) is 89.9 Å². The molecule has 0 saturated carbocycles. The van der Waals surface area contributed by atoms with Crippen LogP contribution in [0.3, 0.4) is 0 Å². The smallest absolute Gasteiger partial charge is 0.187 e. The van der Waals surface area contributed by atoms with Crippen molar-refractivity contribution in [2.45, 2.75) is 232 Å². The van der Waals surface area contributed by atoms with E-state index in [4.69, 9.17) is 37.9 Å². The molecule has 0 aliphatic carbocycles. The highest BCUT2D eigenvalue weighted by molar-refractivity contribution is 7.99. The standard InChI is InChI=1S/C44H82O21S/c1-2-3-4-5-6-7-8-9-10-11-12-13-14-15-16-17-19-66-20-18-58-41-37(56)33(52)39(26(22-46)61-41)65-44-38(57)34(53)40(27(23-47)62-44)64-43-36(55)32(51)30(49)28(63-43)24-59-42-35(54)31(50)29(48)25(21-45)60-42/h25-57H,2-24H2,1H3/t25-,26+,27-,28-,29+,30-,31+,32+,33+,34-,35+,36+,37+,38+,39+,40-,41+,42-,43+,44+/m1/s1. The van der Waals surface area contributed by atoms with Gasteiger partial charge in [-0.25, -0.2) is 0 Å². The lowest BCUT2D eigenvalue weighted by molar-refractivity contribution is -0.381. The summed E-state index contributed by atoms with van der Waals surface area (Å²) >= 11 is 1.70. The topological polar surface area (TPSA) is 337 Å². The molecule has 4 rings (SSSR count). The molecular formula is C44H82O21S. The first kappa shape index (κ1) is 58.1. The van der Waals surface area contributed by atoms with Crippen LogP contribution < -0.4 is 0 Å². The van der Waals surface area contributed by atoms with Crippen molar-refractivity contribution in [3.8, 4) is 0 Å². The van der Waals surface area contributed by atoms with Crippen LogP contribution in [0, 0.1) is 0 Å². The van der Waals surface area contributed by atoms with Gasteiger partial charge in [-0.2, -0.15) is 11.8 Å². The van der Waals surface area contributed by atoms with Crippen LogP contribution in [0.5, 0.6) is 0 Å². The van der Waals surface area contributed by atoms with Crippen LogP contribution in [0.25, 0.3) is 0 Å². The van der Waals surface area contributed by atoms with Gasteiger partial charge in [0.25, 0.3) is 0 Å². The lowest BCUT2D eigenvalue weighted by atomic mass is 9.96. The number of aliphatic hydroxyl groups excluding tert-OH is 13. The second kappa shape index (κ2) is 31.1. The van der Waals surface area contributed by atoms with E-state index in [1.54, 1.807) is 11.8 Å². The molecule has 0 radical (unpaired) electrons. The number of unbranched alkanes of at least 4 members (excludes halogenated alkanes) is 15. The van der Waals surface area contributed by atoms with Gasteiger partial charge in [0.05, 0.1) is 33.0 Å². The molecule has 0 bridgehead atoms. The Kier molecular flexibility index (Phi) is 27.3. The summed E-state index contributed by atoms with van der Waals surface area (Å²) in [5.74, 6) is 1.56. The zero-order valence-corrected chi connectivity index (χ0v) is 39.1. The van der Waals surface area contributed by atoms with Crippen LogP contribution in [0.1, 0.15) is 110 Å². The quantitative estimate of drug-likeness (QED) is 0.0343. The van der Waals surface area contributed by atoms with Crippen LogP contribution in [-0.2, 0) is 37.9 Å². The summed E-state index contributed by atoms with van der Waals surface area (Å²) in [5.41, 5.74) is 0. The van der Waals surface area contributed by atoms with E-state index in [-0.39, 0.29) is 6.61 Å². The van der Waals surface area contributed by atoms with Crippen LogP contribution >= 0.6 is 11.8 Å². The van der Waals surface area contributed by atoms with Crippen molar-refractivity contribution in [1.82, 2.24) is 0 Å². The summed E-state index contributed by atoms with van der Waals surface area (Å²) in [6.07, 6.45) is -12.9. The van der Waals surface area contributed by atoms with E-state index >= 15 is 0 Å². The Bertz CT molecular complexity index is 1260. The third-order valence-electron chi connectivity index (χ3n) is 12.8. The Morgan fingerprint density at radius 2 is 0.727 bits per heavy atom. The Hall–Kier alpha value is -0.490. The number of thioether (sulfide) groups is 1. The van der Waals surface area contributed by atoms with Crippen molar-refractivity contribution in [2.75, 3.05) is 44.5 Å². The maximum absolute atomic E-state index is 11.2. The van der Waals surface area contributed by atoms with Gasteiger partial charge in [-0.1, -0.05) is 103 Å². The highest BCUT2D eigenvalue weighted by Gasteiger charge is 2.54. The Labute approximate surface area is 392 Å². The van der Waals surface area contributed by atoms with E-state index in [0.29, 0.717) is 5.75 Å². The predicted molar refractivity (Wildman–Crippen MR) is 234 cm³/mol. The minimum Gasteiger partial charge on any atom is -0.394 e. The fraction of sp³-hybridized carbons (Fsp3) is 1.00. The van der Waals surface area contributed by atoms with Crippen LogP contribution in [0.4, 0.5) is 0 Å². The van der Waals surface area contributed by atoms with Crippen molar-refractivity contribution in [3.05, 3.63) is 0 Å². The zero-order valence-electron chi connectivity index (χ0n) is 38.3. The molecule has 4 saturated heterocycles. The van der Waals surface area contributed by atoms with E-state index in [2.05, 4.69) is 6.92 Å². The van der Waals surface area contributed by atoms with Gasteiger partial charge in [0, 0.05) is 5.75 Å². The minimum absolute atomic E-state index is 0.194. The average molecular weight is 979 g/mol. The van der Waals surface area contributed by atoms with Crippen LogP contribution in [-0.4, -0.2) is 234 Å². The first-order chi connectivity index (χ1) is 31.8. The van der Waals surface area contributed by atoms with Gasteiger partial charge in [0.2, 0.25) is 0 Å². The highest BCUT2D eigenvalue weighted by Crippen LogP contribution is 2.33. The van der Waals surface area contributed by atoms with Crippen molar-refractivity contribution < 1.29 is 104 Å². The lowest BCUT2D eigenvalue weighted by Gasteiger charge is -2.48. The molecule has 0 amide bonds. The largest absolute Gasteiger partial charge is 0.394 e. The van der Waals surface area contributed by atoms with Gasteiger partial charge in [0.1, 0.15) is 97.7 Å². The Morgan fingerprint density at radius 1 is 0.364 bits per heavy atom. The molecule has 0 aromatic heterocycles. The summed E-state index contributed by atoms with van der Waals surface area (Å²) in [4.78, 5) is 0. The van der Waals surface area contributed by atoms with Gasteiger partial charge in [-0.05, 0) is 12.2 Å². The summed E-state index contributed by atoms with van der Waals surface area (Å²) in [6, 6.07) is 0. The second-order valence-corrected chi connectivity index (χ2v) is 19.2. The molecule has 0 aromatic rings. The van der Waals surface area contributed by atoms with Gasteiger partial charge in [-0.3, -0.25) is 0 Å². The first-order valence-electron chi connectivity index (χ1n) is 24.2. The summed E-state index contributed by atoms with van der Waals surface area (Å²) in [7, 11) is 0. The summed E-state index contributed by atoms with van der Waals surface area (Å²) in [6.45, 7) is -0.560. The molecule has 21 nitrogen and oxygen atoms in total. The average Bonchev–Trinajstić information content (AvgIpc) is 3.31. The van der Waals surface area contributed by atoms with Gasteiger partial charge in [-0.15, -0.1) is 0 Å². The maximum atomic E-state index is 11.2. The lowest BCUT2D eigenvalue weighted by Crippen LogP contribution is -2.66. The molecule has 20 atom stereocenters. The molecule has 66 heavy (non-hydrogen) atoms. The molecule has 13 N–H and O–H groups in total. The number of rotatable bonds is 31. The van der Waals surface area contributed by atoms with Crippen LogP contribution in [0.2, 0.25) is 0 Å². The maximum Gasteiger partial charge on any atom is 0.187 e. The number of aliphatic hydroxyl groups is 13. The molecule has 4 heterocycles. The molecule has 4 aliphatic heterocycles. The Balaban J connectivity index is 1.15. The summed E-state index contributed by atoms with van der Waals surface area (Å²) in [5, 5.41) is 136. The van der Waals surface area contributed by atoms with Gasteiger partial charge >= 0.3 is 0 Å². The molecule has 22 heteroatoms. The molecule has 4 fully saturated rings. The van der Waals surface area contributed by atoms with Crippen molar-refractivity contribution >= 4 is 11.8 Å². The zero-order chi connectivity index (χ0) is 48.2. The number of ether oxygens (including phenoxy) is 8. The number of hydrogen-bond donors (Lipinski definition) is 13. The van der Waals surface area contributed by atoms with Crippen molar-refractivity contribution in [3.63, 3.8) is 0 Å². The van der Waals surface area contributed by atoms with E-state index in [1.807, 2.05) is 0 Å². The third kappa shape index (κ3) is 17.1. The van der Waals surface area contributed by atoms with Gasteiger partial charge < -0.3 is 104 Å². The second-order valence-electron chi connectivity index (χ2n) is 17.9. The van der Waals surface area contributed by atoms with Crippen LogP contribution in [0.15, 0.2) is 0 Å². The van der Waals surface area contributed by atoms with E-state index in [9.17, 15) is 66.4 Å². The highest BCUT2D eigenvalue weighted by atomic mass is 32.2. The molecule has 0 unspecified atom stereocenters. The molecule has 4 aliphatic rings. The predicted octanol–water partition coefficient (Wildman–Crippen LogP) is -1.73. The third-order valence-corrected chi connectivity index (χ3v) is 13.9. The minimum atomic E-state index is -1.98. The molecule has 0 spiro atoms. The molecule has 0 aromatic carbocycles. The fourth-order valence-corrected chi connectivity index (χ4v) is 9.47. The Morgan fingerprint density at radius 3 is 1.21 bits per heavy atom. The van der Waals surface area contributed by atoms with E-state index < -0.39 is 149 Å². The van der Waals surface area contributed by atoms with Crippen molar-refractivity contribution in [1.29, 1.82) is 0 Å². The normalized spacial score (nSPS) is 39.9. The SMILES string of the molecule is CCCCCCCCCCCCCCCCCCSCCO[C@H]1O[C@@H](CO)[C@H](O[C@@H]2O[C@H](CO)[C@@H](O[C@@H]3O[C@H](CO[C@@H]4O[C@H](CO)[C@H](O)[C@H](O)[C@@H]4O)[C@@H](O)[C@H](O)[C@@H]3O)[C@H](O)[C@@H]2O)[C@@H](O)[C@@H]1O. The first-order valence-corrected chi connectivity index (χ1v) is 25.3. The summed E-state index contributed by atoms with van der Waals surface area (Å²) < 4.78 is 44.9. The number of hydrogen-bond acceptors (Lipinski definition) is 22. The molecule has 390 valence electrons. The van der Waals surface area contributed by atoms with Gasteiger partial charge in [0.15, 0.2) is 25.2 Å². The van der Waals surface area contributed by atoms with E-state index in [0.717, 1.165) is 18.6 Å².